The summed E-state index contributed by atoms with van der Waals surface area (Å²) in [6.45, 7) is 2.82. The second kappa shape index (κ2) is 9.57. The smallest absolute Gasteiger partial charge is 0.279 e. The molecule has 0 atom stereocenters. The summed E-state index contributed by atoms with van der Waals surface area (Å²) in [6.07, 6.45) is 0.448. The first-order valence-electron chi connectivity index (χ1n) is 9.25. The number of rotatable bonds is 7. The van der Waals surface area contributed by atoms with Gasteiger partial charge in [-0.15, -0.1) is 11.3 Å². The van der Waals surface area contributed by atoms with Crippen molar-refractivity contribution >= 4 is 34.6 Å². The number of halogens is 1. The maximum Gasteiger partial charge on any atom is 0.279 e. The minimum atomic E-state index is -0.346. The van der Waals surface area contributed by atoms with Crippen LogP contribution in [0.1, 0.15) is 22.5 Å². The van der Waals surface area contributed by atoms with E-state index in [0.717, 1.165) is 4.90 Å². The zero-order valence-electron chi connectivity index (χ0n) is 15.4. The second-order valence-corrected chi connectivity index (χ2v) is 7.71. The van der Waals surface area contributed by atoms with E-state index in [2.05, 4.69) is 5.32 Å². The Morgan fingerprint density at radius 1 is 1.07 bits per heavy atom. The van der Waals surface area contributed by atoms with Gasteiger partial charge in [0.2, 0.25) is 5.91 Å². The van der Waals surface area contributed by atoms with Gasteiger partial charge >= 0.3 is 0 Å². The number of amides is 2. The van der Waals surface area contributed by atoms with Gasteiger partial charge in [0.15, 0.2) is 12.3 Å². The highest BCUT2D eigenvalue weighted by Gasteiger charge is 2.25. The monoisotopic (exact) mass is 404 g/mol. The number of anilines is 1. The van der Waals surface area contributed by atoms with Crippen LogP contribution in [-0.4, -0.2) is 55.2 Å². The second-order valence-electron chi connectivity index (χ2n) is 6.76. The number of piperazine rings is 1. The summed E-state index contributed by atoms with van der Waals surface area (Å²) in [7, 11) is 0. The Morgan fingerprint density at radius 3 is 2.43 bits per heavy atom. The summed E-state index contributed by atoms with van der Waals surface area (Å²) in [5, 5.41) is 4.60. The number of hydrogen-bond acceptors (Lipinski definition) is 4. The van der Waals surface area contributed by atoms with E-state index < -0.39 is 0 Å². The van der Waals surface area contributed by atoms with Crippen LogP contribution in [0.3, 0.4) is 0 Å². The third-order valence-corrected chi connectivity index (χ3v) is 5.63. The minimum absolute atomic E-state index is 0.00470. The highest BCUT2D eigenvalue weighted by Crippen LogP contribution is 2.13. The molecule has 1 aliphatic rings. The molecule has 2 heterocycles. The molecule has 0 radical (unpaired) electrons. The number of nitrogens with one attached hydrogen (secondary N) is 2. The molecule has 1 aliphatic heterocycles. The number of carbonyl (C=O) groups is 3. The molecule has 3 rings (SSSR count). The van der Waals surface area contributed by atoms with E-state index in [1.54, 1.807) is 11.0 Å². The van der Waals surface area contributed by atoms with Crippen molar-refractivity contribution in [1.29, 1.82) is 0 Å². The molecule has 28 heavy (non-hydrogen) atoms. The van der Waals surface area contributed by atoms with Gasteiger partial charge in [-0.3, -0.25) is 14.4 Å². The fourth-order valence-corrected chi connectivity index (χ4v) is 3.85. The lowest BCUT2D eigenvalue weighted by Gasteiger charge is -2.31. The maximum atomic E-state index is 12.9. The van der Waals surface area contributed by atoms with Gasteiger partial charge in [0.25, 0.3) is 5.91 Å². The molecule has 0 bridgehead atoms. The number of thiophene rings is 1. The van der Waals surface area contributed by atoms with Gasteiger partial charge in [-0.25, -0.2) is 4.39 Å². The molecule has 8 heteroatoms. The third kappa shape index (κ3) is 5.71. The molecule has 6 nitrogen and oxygen atoms in total. The highest BCUT2D eigenvalue weighted by atomic mass is 32.1. The van der Waals surface area contributed by atoms with Crippen LogP contribution in [0.4, 0.5) is 10.1 Å². The summed E-state index contributed by atoms with van der Waals surface area (Å²) in [4.78, 5) is 40.0. The van der Waals surface area contributed by atoms with E-state index in [0.29, 0.717) is 43.3 Å². The molecule has 1 aromatic carbocycles. The molecule has 1 saturated heterocycles. The molecule has 2 amide bonds. The zero-order chi connectivity index (χ0) is 19.9. The first-order chi connectivity index (χ1) is 13.5. The van der Waals surface area contributed by atoms with Gasteiger partial charge in [0.05, 0.1) is 31.1 Å². The van der Waals surface area contributed by atoms with E-state index >= 15 is 0 Å². The van der Waals surface area contributed by atoms with E-state index in [1.165, 1.54) is 35.6 Å². The van der Waals surface area contributed by atoms with Crippen molar-refractivity contribution in [2.45, 2.75) is 12.8 Å². The van der Waals surface area contributed by atoms with Gasteiger partial charge in [-0.1, -0.05) is 6.07 Å². The first kappa shape index (κ1) is 20.2. The lowest BCUT2D eigenvalue weighted by Crippen LogP contribution is -3.15. The number of quaternary nitrogens is 1. The summed E-state index contributed by atoms with van der Waals surface area (Å²) in [5.41, 5.74) is 0.565. The summed E-state index contributed by atoms with van der Waals surface area (Å²) in [5.74, 6) is -0.491. The molecule has 0 aliphatic carbocycles. The Labute approximate surface area is 166 Å². The Morgan fingerprint density at radius 2 is 1.79 bits per heavy atom. The molecule has 0 spiro atoms. The van der Waals surface area contributed by atoms with Crippen LogP contribution in [-0.2, 0) is 9.59 Å². The number of nitrogens with zero attached hydrogens (tertiary/aromatic N) is 1. The van der Waals surface area contributed by atoms with Crippen LogP contribution in [0.2, 0.25) is 0 Å². The highest BCUT2D eigenvalue weighted by molar-refractivity contribution is 7.12. The van der Waals surface area contributed by atoms with Gasteiger partial charge in [0, 0.05) is 18.5 Å². The quantitative estimate of drug-likeness (QED) is 0.682. The standard InChI is InChI=1S/C20H22FN3O3S/c21-15-3-5-16(6-4-15)22-19(26)14-23-9-11-24(12-10-23)20(27)8-7-17(25)18-2-1-13-28-18/h1-6,13H,7-12,14H2,(H,22,26)/p+1. The molecule has 2 aromatic rings. The lowest BCUT2D eigenvalue weighted by atomic mass is 10.1. The van der Waals surface area contributed by atoms with Crippen molar-refractivity contribution in [1.82, 2.24) is 4.90 Å². The summed E-state index contributed by atoms with van der Waals surface area (Å²) in [6, 6.07) is 9.25. The average molecular weight is 404 g/mol. The largest absolute Gasteiger partial charge is 0.331 e. The van der Waals surface area contributed by atoms with Gasteiger partial charge < -0.3 is 15.1 Å². The van der Waals surface area contributed by atoms with Gasteiger partial charge in [0.1, 0.15) is 5.82 Å². The number of Topliss-reactive ketones (excluding diaryl/α,β-unsaturated/α-hetero) is 1. The number of hydrogen-bond donors (Lipinski definition) is 2. The number of benzene rings is 1. The fourth-order valence-electron chi connectivity index (χ4n) is 3.15. The number of ketones is 1. The van der Waals surface area contributed by atoms with Crippen LogP contribution >= 0.6 is 11.3 Å². The lowest BCUT2D eigenvalue weighted by molar-refractivity contribution is -0.895. The predicted octanol–water partition coefficient (Wildman–Crippen LogP) is 1.22. The molecule has 1 aromatic heterocycles. The topological polar surface area (TPSA) is 70.9 Å². The van der Waals surface area contributed by atoms with E-state index in [-0.39, 0.29) is 36.3 Å². The molecule has 0 saturated carbocycles. The van der Waals surface area contributed by atoms with Crippen molar-refractivity contribution < 1.29 is 23.7 Å². The molecule has 0 unspecified atom stereocenters. The zero-order valence-corrected chi connectivity index (χ0v) is 16.3. The molecular weight excluding hydrogens is 381 g/mol. The van der Waals surface area contributed by atoms with E-state index in [1.807, 2.05) is 11.4 Å². The minimum Gasteiger partial charge on any atom is -0.331 e. The van der Waals surface area contributed by atoms with Gasteiger partial charge in [-0.05, 0) is 35.7 Å². The third-order valence-electron chi connectivity index (χ3n) is 4.72. The van der Waals surface area contributed by atoms with Crippen LogP contribution < -0.4 is 10.2 Å². The van der Waals surface area contributed by atoms with Crippen molar-refractivity contribution in [3.05, 3.63) is 52.5 Å². The van der Waals surface area contributed by atoms with Crippen molar-refractivity contribution in [2.24, 2.45) is 0 Å². The molecule has 148 valence electrons. The van der Waals surface area contributed by atoms with Crippen LogP contribution in [0.25, 0.3) is 0 Å². The van der Waals surface area contributed by atoms with Crippen molar-refractivity contribution in [3.8, 4) is 0 Å². The normalized spacial score (nSPS) is 14.7. The molecular formula is C20H23FN3O3S+. The summed E-state index contributed by atoms with van der Waals surface area (Å²) < 4.78 is 12.9. The van der Waals surface area contributed by atoms with Gasteiger partial charge in [-0.2, -0.15) is 0 Å². The SMILES string of the molecule is O=C(C[NH+]1CCN(C(=O)CCC(=O)c2cccs2)CC1)Nc1ccc(F)cc1. The van der Waals surface area contributed by atoms with E-state index in [4.69, 9.17) is 0 Å². The Kier molecular flexibility index (Phi) is 6.89. The Balaban J connectivity index is 1.37. The van der Waals surface area contributed by atoms with E-state index in [9.17, 15) is 18.8 Å². The van der Waals surface area contributed by atoms with Crippen molar-refractivity contribution in [2.75, 3.05) is 38.0 Å². The number of carbonyl (C=O) groups excluding carboxylic acids is 3. The van der Waals surface area contributed by atoms with Crippen LogP contribution in [0.15, 0.2) is 41.8 Å². The Bertz CT molecular complexity index is 816. The Hall–Kier alpha value is -2.58. The maximum absolute atomic E-state index is 12.9. The predicted molar refractivity (Wildman–Crippen MR) is 105 cm³/mol. The van der Waals surface area contributed by atoms with Crippen LogP contribution in [0, 0.1) is 5.82 Å². The average Bonchev–Trinajstić information content (AvgIpc) is 3.23. The van der Waals surface area contributed by atoms with Crippen LogP contribution in [0.5, 0.6) is 0 Å². The summed E-state index contributed by atoms with van der Waals surface area (Å²) >= 11 is 1.39. The first-order valence-corrected chi connectivity index (χ1v) is 10.1. The molecule has 1 fully saturated rings. The molecule has 2 N–H and O–H groups in total. The van der Waals surface area contributed by atoms with Crippen molar-refractivity contribution in [3.63, 3.8) is 0 Å². The fraction of sp³-hybridized carbons (Fsp3) is 0.350.